The highest BCUT2D eigenvalue weighted by atomic mass is 32.2. The molecule has 3 amide bonds. The Bertz CT molecular complexity index is 780. The molecule has 0 spiro atoms. The van der Waals surface area contributed by atoms with Gasteiger partial charge in [0.05, 0.1) is 12.4 Å². The number of ether oxygens (including phenoxy) is 1. The highest BCUT2D eigenvalue weighted by molar-refractivity contribution is 7.99. The minimum absolute atomic E-state index is 0.0738. The lowest BCUT2D eigenvalue weighted by molar-refractivity contribution is -0.124. The molecule has 0 atom stereocenters. The Morgan fingerprint density at radius 2 is 1.93 bits per heavy atom. The van der Waals surface area contributed by atoms with Crippen LogP contribution in [0.4, 0.5) is 18.0 Å². The number of hydrogen-bond donors (Lipinski definition) is 2. The van der Waals surface area contributed by atoms with Crippen LogP contribution in [0.15, 0.2) is 33.9 Å². The normalized spacial score (nSPS) is 11.1. The van der Waals surface area contributed by atoms with Gasteiger partial charge >= 0.3 is 12.2 Å². The molecule has 0 bridgehead atoms. The van der Waals surface area contributed by atoms with Crippen molar-refractivity contribution < 1.29 is 31.9 Å². The molecule has 1 aromatic carbocycles. The lowest BCUT2D eigenvalue weighted by atomic mass is 10.2. The van der Waals surface area contributed by atoms with Crippen molar-refractivity contribution in [3.63, 3.8) is 0 Å². The van der Waals surface area contributed by atoms with Gasteiger partial charge in [-0.05, 0) is 31.2 Å². The maximum Gasteiger partial charge on any atom is 0.405 e. The number of imide groups is 1. The second-order valence-electron chi connectivity index (χ2n) is 4.97. The monoisotopic (exact) mass is 404 g/mol. The molecule has 0 aliphatic heterocycles. The summed E-state index contributed by atoms with van der Waals surface area (Å²) in [6.07, 6.45) is -4.56. The van der Waals surface area contributed by atoms with Gasteiger partial charge in [0.2, 0.25) is 11.8 Å². The van der Waals surface area contributed by atoms with E-state index >= 15 is 0 Å². The summed E-state index contributed by atoms with van der Waals surface area (Å²) < 4.78 is 46.6. The van der Waals surface area contributed by atoms with Gasteiger partial charge in [0.25, 0.3) is 5.22 Å². The van der Waals surface area contributed by atoms with Crippen molar-refractivity contribution in [2.75, 3.05) is 18.9 Å². The van der Waals surface area contributed by atoms with Gasteiger partial charge in [-0.3, -0.25) is 10.1 Å². The van der Waals surface area contributed by atoms with E-state index in [9.17, 15) is 22.8 Å². The topological polar surface area (TPSA) is 106 Å². The number of urea groups is 1. The number of alkyl halides is 3. The van der Waals surface area contributed by atoms with E-state index in [1.165, 1.54) is 5.32 Å². The zero-order chi connectivity index (χ0) is 19.9. The molecule has 0 fully saturated rings. The first-order chi connectivity index (χ1) is 12.8. The highest BCUT2D eigenvalue weighted by Crippen LogP contribution is 2.24. The Kier molecular flexibility index (Phi) is 7.05. The number of nitrogens with one attached hydrogen (secondary N) is 2. The standard InChI is InChI=1S/C15H15F3N4O4S/c1-2-25-10-5-3-9(4-6-10)12-21-22-14(26-12)27-7-11(23)20-13(24)19-8-15(16,17)18/h3-6H,2,7-8H2,1H3,(H2,19,20,23,24). The molecule has 0 saturated heterocycles. The highest BCUT2D eigenvalue weighted by Gasteiger charge is 2.28. The maximum absolute atomic E-state index is 12.0. The average molecular weight is 404 g/mol. The van der Waals surface area contributed by atoms with E-state index < -0.39 is 24.7 Å². The Hall–Kier alpha value is -2.76. The Morgan fingerprint density at radius 3 is 2.56 bits per heavy atom. The van der Waals surface area contributed by atoms with Gasteiger partial charge in [-0.2, -0.15) is 13.2 Å². The number of rotatable bonds is 7. The fourth-order valence-corrected chi connectivity index (χ4v) is 2.32. The van der Waals surface area contributed by atoms with Crippen LogP contribution in [0.25, 0.3) is 11.5 Å². The Labute approximate surface area is 155 Å². The van der Waals surface area contributed by atoms with Crippen LogP contribution in [0.1, 0.15) is 6.92 Å². The van der Waals surface area contributed by atoms with Crippen molar-refractivity contribution in [1.29, 1.82) is 0 Å². The predicted octanol–water partition coefficient (Wildman–Crippen LogP) is 2.62. The molecular weight excluding hydrogens is 389 g/mol. The predicted molar refractivity (Wildman–Crippen MR) is 89.2 cm³/mol. The van der Waals surface area contributed by atoms with Crippen molar-refractivity contribution in [3.8, 4) is 17.2 Å². The van der Waals surface area contributed by atoms with E-state index in [1.807, 2.05) is 6.92 Å². The summed E-state index contributed by atoms with van der Waals surface area (Å²) >= 11 is 0.842. The van der Waals surface area contributed by atoms with Gasteiger partial charge in [-0.25, -0.2) is 4.79 Å². The first-order valence-corrected chi connectivity index (χ1v) is 8.59. The smallest absolute Gasteiger partial charge is 0.405 e. The largest absolute Gasteiger partial charge is 0.494 e. The number of carbonyl (C=O) groups excluding carboxylic acids is 2. The van der Waals surface area contributed by atoms with E-state index in [1.54, 1.807) is 29.6 Å². The molecule has 2 N–H and O–H groups in total. The van der Waals surface area contributed by atoms with Crippen LogP contribution in [0, 0.1) is 0 Å². The third-order valence-corrected chi connectivity index (χ3v) is 3.67. The van der Waals surface area contributed by atoms with Gasteiger partial charge in [-0.15, -0.1) is 10.2 Å². The van der Waals surface area contributed by atoms with E-state index in [4.69, 9.17) is 9.15 Å². The molecule has 1 heterocycles. The molecular formula is C15H15F3N4O4S. The molecule has 27 heavy (non-hydrogen) atoms. The minimum Gasteiger partial charge on any atom is -0.494 e. The molecule has 0 aliphatic rings. The summed E-state index contributed by atoms with van der Waals surface area (Å²) in [6.45, 7) is 0.872. The first kappa shape index (κ1) is 20.6. The summed E-state index contributed by atoms with van der Waals surface area (Å²) in [7, 11) is 0. The number of hydrogen-bond acceptors (Lipinski definition) is 7. The van der Waals surface area contributed by atoms with Gasteiger partial charge in [0.15, 0.2) is 0 Å². The van der Waals surface area contributed by atoms with E-state index in [0.717, 1.165) is 11.8 Å². The van der Waals surface area contributed by atoms with Crippen molar-refractivity contribution in [2.24, 2.45) is 0 Å². The summed E-state index contributed by atoms with van der Waals surface area (Å²) in [5.41, 5.74) is 0.647. The van der Waals surface area contributed by atoms with Crippen LogP contribution in [0.2, 0.25) is 0 Å². The molecule has 146 valence electrons. The molecule has 0 radical (unpaired) electrons. The zero-order valence-electron chi connectivity index (χ0n) is 14.0. The number of aromatic nitrogens is 2. The van der Waals surface area contributed by atoms with Crippen molar-refractivity contribution >= 4 is 23.7 Å². The third-order valence-electron chi connectivity index (χ3n) is 2.85. The zero-order valence-corrected chi connectivity index (χ0v) is 14.8. The van der Waals surface area contributed by atoms with E-state index in [2.05, 4.69) is 10.2 Å². The number of halogens is 3. The fraction of sp³-hybridized carbons (Fsp3) is 0.333. The second kappa shape index (κ2) is 9.26. The Balaban J connectivity index is 1.81. The lowest BCUT2D eigenvalue weighted by Crippen LogP contribution is -2.43. The summed E-state index contributed by atoms with van der Waals surface area (Å²) in [5.74, 6) is -0.176. The second-order valence-corrected chi connectivity index (χ2v) is 5.89. The average Bonchev–Trinajstić information content (AvgIpc) is 3.08. The van der Waals surface area contributed by atoms with Crippen LogP contribution < -0.4 is 15.4 Å². The van der Waals surface area contributed by atoms with E-state index in [-0.39, 0.29) is 16.9 Å². The summed E-state index contributed by atoms with van der Waals surface area (Å²) in [4.78, 5) is 22.7. The van der Waals surface area contributed by atoms with E-state index in [0.29, 0.717) is 17.9 Å². The quantitative estimate of drug-likeness (QED) is 0.683. The van der Waals surface area contributed by atoms with Crippen molar-refractivity contribution in [3.05, 3.63) is 24.3 Å². The van der Waals surface area contributed by atoms with Crippen LogP contribution in [-0.4, -0.2) is 47.2 Å². The van der Waals surface area contributed by atoms with Crippen LogP contribution in [-0.2, 0) is 4.79 Å². The van der Waals surface area contributed by atoms with Crippen LogP contribution in [0.5, 0.6) is 5.75 Å². The minimum atomic E-state index is -4.56. The van der Waals surface area contributed by atoms with Gasteiger partial charge in [-0.1, -0.05) is 11.8 Å². The first-order valence-electron chi connectivity index (χ1n) is 7.61. The number of carbonyl (C=O) groups is 2. The lowest BCUT2D eigenvalue weighted by Gasteiger charge is -2.08. The van der Waals surface area contributed by atoms with Crippen LogP contribution in [0.3, 0.4) is 0 Å². The number of amides is 3. The van der Waals surface area contributed by atoms with Gasteiger partial charge in [0.1, 0.15) is 12.3 Å². The molecule has 1 aromatic heterocycles. The number of nitrogens with zero attached hydrogens (tertiary/aromatic N) is 2. The molecule has 0 saturated carbocycles. The van der Waals surface area contributed by atoms with Crippen molar-refractivity contribution in [2.45, 2.75) is 18.3 Å². The van der Waals surface area contributed by atoms with Gasteiger partial charge < -0.3 is 14.5 Å². The third kappa shape index (κ3) is 7.17. The maximum atomic E-state index is 12.0. The number of benzene rings is 1. The van der Waals surface area contributed by atoms with Gasteiger partial charge in [0, 0.05) is 5.56 Å². The summed E-state index contributed by atoms with van der Waals surface area (Å²) in [6, 6.07) is 5.69. The fourth-order valence-electron chi connectivity index (χ4n) is 1.76. The molecule has 12 heteroatoms. The number of thioether (sulfide) groups is 1. The van der Waals surface area contributed by atoms with Crippen LogP contribution >= 0.6 is 11.8 Å². The Morgan fingerprint density at radius 1 is 1.22 bits per heavy atom. The molecule has 0 unspecified atom stereocenters. The molecule has 8 nitrogen and oxygen atoms in total. The molecule has 2 rings (SSSR count). The molecule has 2 aromatic rings. The summed E-state index contributed by atoms with van der Waals surface area (Å²) in [5, 5.41) is 11.0. The molecule has 0 aliphatic carbocycles. The van der Waals surface area contributed by atoms with Crippen molar-refractivity contribution in [1.82, 2.24) is 20.8 Å². The SMILES string of the molecule is CCOc1ccc(-c2nnc(SCC(=O)NC(=O)NCC(F)(F)F)o2)cc1.